The normalized spacial score (nSPS) is 12.2. The van der Waals surface area contributed by atoms with Crippen LogP contribution in [0, 0.1) is 0 Å². The summed E-state index contributed by atoms with van der Waals surface area (Å²) in [6.45, 7) is 3.82. The fraction of sp³-hybridized carbons (Fsp3) is 0.412. The van der Waals surface area contributed by atoms with Crippen LogP contribution >= 0.6 is 0 Å². The van der Waals surface area contributed by atoms with Crippen LogP contribution in [0.1, 0.15) is 25.2 Å². The van der Waals surface area contributed by atoms with E-state index in [9.17, 15) is 8.42 Å². The van der Waals surface area contributed by atoms with Crippen LogP contribution in [0.15, 0.2) is 42.6 Å². The molecule has 0 N–H and O–H groups in total. The van der Waals surface area contributed by atoms with Crippen molar-refractivity contribution in [2.45, 2.75) is 25.0 Å². The molecule has 2 rings (SSSR count). The first kappa shape index (κ1) is 17.4. The highest BCUT2D eigenvalue weighted by Crippen LogP contribution is 2.19. The predicted molar refractivity (Wildman–Crippen MR) is 93.5 cm³/mol. The van der Waals surface area contributed by atoms with Gasteiger partial charge in [0.05, 0.1) is 4.75 Å². The molecule has 5 nitrogen and oxygen atoms in total. The fourth-order valence-electron chi connectivity index (χ4n) is 2.23. The van der Waals surface area contributed by atoms with Crippen LogP contribution in [0.2, 0.25) is 0 Å². The lowest BCUT2D eigenvalue weighted by Crippen LogP contribution is -2.42. The van der Waals surface area contributed by atoms with Crippen LogP contribution in [0.25, 0.3) is 0 Å². The van der Waals surface area contributed by atoms with Gasteiger partial charge in [-0.1, -0.05) is 30.3 Å². The lowest BCUT2D eigenvalue weighted by Gasteiger charge is -2.29. The first-order valence-corrected chi connectivity index (χ1v) is 9.35. The van der Waals surface area contributed by atoms with Crippen molar-refractivity contribution in [3.63, 3.8) is 0 Å². The number of benzene rings is 1. The number of nitrogens with zero attached hydrogens (tertiary/aromatic N) is 3. The Morgan fingerprint density at radius 3 is 2.39 bits per heavy atom. The van der Waals surface area contributed by atoms with Crippen molar-refractivity contribution in [1.82, 2.24) is 9.97 Å². The molecule has 23 heavy (non-hydrogen) atoms. The number of sulfone groups is 1. The highest BCUT2D eigenvalue weighted by Gasteiger charge is 2.31. The van der Waals surface area contributed by atoms with Crippen molar-refractivity contribution in [2.24, 2.45) is 0 Å². The topological polar surface area (TPSA) is 63.2 Å². The Labute approximate surface area is 138 Å². The van der Waals surface area contributed by atoms with Gasteiger partial charge in [-0.25, -0.2) is 18.4 Å². The van der Waals surface area contributed by atoms with Gasteiger partial charge in [-0.15, -0.1) is 0 Å². The summed E-state index contributed by atoms with van der Waals surface area (Å²) < 4.78 is 22.9. The smallest absolute Gasteiger partial charge is 0.154 e. The van der Waals surface area contributed by atoms with Crippen LogP contribution < -0.4 is 4.90 Å². The summed E-state index contributed by atoms with van der Waals surface area (Å²) in [5.74, 6) is 1.44. The second-order valence-corrected chi connectivity index (χ2v) is 9.03. The SMILES string of the molecule is CN(CC(C)(C)S(C)(=O)=O)c1ccnc(Cc2ccccc2)n1. The molecule has 0 aliphatic heterocycles. The molecule has 0 bridgehead atoms. The van der Waals surface area contributed by atoms with E-state index < -0.39 is 14.6 Å². The highest BCUT2D eigenvalue weighted by molar-refractivity contribution is 7.92. The molecule has 0 fully saturated rings. The monoisotopic (exact) mass is 333 g/mol. The second kappa shape index (κ2) is 6.66. The molecule has 0 radical (unpaired) electrons. The molecule has 1 heterocycles. The van der Waals surface area contributed by atoms with Gasteiger partial charge >= 0.3 is 0 Å². The zero-order valence-electron chi connectivity index (χ0n) is 14.0. The van der Waals surface area contributed by atoms with E-state index in [-0.39, 0.29) is 0 Å². The zero-order valence-corrected chi connectivity index (χ0v) is 14.8. The standard InChI is InChI=1S/C17H23N3O2S/c1-17(2,23(4,21)22)13-20(3)16-10-11-18-15(19-16)12-14-8-6-5-7-9-14/h5-11H,12-13H2,1-4H3. The molecule has 124 valence electrons. The second-order valence-electron chi connectivity index (χ2n) is 6.38. The predicted octanol–water partition coefficient (Wildman–Crippen LogP) is 2.33. The minimum Gasteiger partial charge on any atom is -0.358 e. The maximum Gasteiger partial charge on any atom is 0.154 e. The lowest BCUT2D eigenvalue weighted by atomic mass is 10.1. The van der Waals surface area contributed by atoms with Crippen molar-refractivity contribution < 1.29 is 8.42 Å². The molecule has 1 aromatic heterocycles. The van der Waals surface area contributed by atoms with Gasteiger partial charge in [0.1, 0.15) is 11.6 Å². The number of anilines is 1. The first-order chi connectivity index (χ1) is 10.7. The number of hydrogen-bond donors (Lipinski definition) is 0. The number of rotatable bonds is 6. The van der Waals surface area contributed by atoms with Crippen LogP contribution in [0.5, 0.6) is 0 Å². The Morgan fingerprint density at radius 1 is 1.13 bits per heavy atom. The summed E-state index contributed by atoms with van der Waals surface area (Å²) in [6.07, 6.45) is 3.63. The van der Waals surface area contributed by atoms with Gasteiger partial charge in [0.25, 0.3) is 0 Å². The van der Waals surface area contributed by atoms with Gasteiger partial charge in [-0.05, 0) is 25.5 Å². The van der Waals surface area contributed by atoms with Gasteiger partial charge < -0.3 is 4.90 Å². The molecular weight excluding hydrogens is 310 g/mol. The van der Waals surface area contributed by atoms with Crippen molar-refractivity contribution in [3.8, 4) is 0 Å². The molecule has 0 amide bonds. The average molecular weight is 333 g/mol. The highest BCUT2D eigenvalue weighted by atomic mass is 32.2. The minimum absolute atomic E-state index is 0.369. The molecule has 2 aromatic rings. The van der Waals surface area contributed by atoms with Crippen molar-refractivity contribution >= 4 is 15.7 Å². The Hall–Kier alpha value is -1.95. The van der Waals surface area contributed by atoms with E-state index in [0.29, 0.717) is 13.0 Å². The third-order valence-corrected chi connectivity index (χ3v) is 6.05. The van der Waals surface area contributed by atoms with Crippen molar-refractivity contribution in [1.29, 1.82) is 0 Å². The molecule has 0 atom stereocenters. The maximum absolute atomic E-state index is 11.9. The molecular formula is C17H23N3O2S. The van der Waals surface area contributed by atoms with Crippen LogP contribution in [0.3, 0.4) is 0 Å². The summed E-state index contributed by atoms with van der Waals surface area (Å²) in [5.41, 5.74) is 1.14. The first-order valence-electron chi connectivity index (χ1n) is 7.46. The van der Waals surface area contributed by atoms with Gasteiger partial charge in [0.2, 0.25) is 0 Å². The van der Waals surface area contributed by atoms with E-state index in [4.69, 9.17) is 0 Å². The third kappa shape index (κ3) is 4.51. The largest absolute Gasteiger partial charge is 0.358 e. The quantitative estimate of drug-likeness (QED) is 0.812. The third-order valence-electron chi connectivity index (χ3n) is 3.91. The van der Waals surface area contributed by atoms with E-state index in [2.05, 4.69) is 9.97 Å². The van der Waals surface area contributed by atoms with Gasteiger partial charge in [-0.2, -0.15) is 0 Å². The van der Waals surface area contributed by atoms with E-state index in [0.717, 1.165) is 17.2 Å². The van der Waals surface area contributed by atoms with E-state index in [1.54, 1.807) is 26.1 Å². The number of aromatic nitrogens is 2. The molecule has 0 spiro atoms. The molecule has 6 heteroatoms. The summed E-state index contributed by atoms with van der Waals surface area (Å²) in [4.78, 5) is 10.7. The van der Waals surface area contributed by atoms with Crippen molar-refractivity contribution in [3.05, 3.63) is 54.0 Å². The zero-order chi connectivity index (χ0) is 17.1. The Balaban J connectivity index is 2.16. The molecule has 0 saturated heterocycles. The maximum atomic E-state index is 11.9. The van der Waals surface area contributed by atoms with E-state index in [1.807, 2.05) is 42.3 Å². The van der Waals surface area contributed by atoms with E-state index in [1.165, 1.54) is 6.26 Å². The molecule has 0 saturated carbocycles. The van der Waals surface area contributed by atoms with Gasteiger partial charge in [0, 0.05) is 32.5 Å². The fourth-order valence-corrected chi connectivity index (χ4v) is 2.66. The lowest BCUT2D eigenvalue weighted by molar-refractivity contribution is 0.549. The van der Waals surface area contributed by atoms with Crippen LogP contribution in [0.4, 0.5) is 5.82 Å². The molecule has 1 aromatic carbocycles. The Bertz CT molecular complexity index is 758. The summed E-state index contributed by atoms with van der Waals surface area (Å²) in [5, 5.41) is 0. The van der Waals surface area contributed by atoms with Gasteiger partial charge in [-0.3, -0.25) is 0 Å². The molecule has 0 unspecified atom stereocenters. The van der Waals surface area contributed by atoms with Crippen molar-refractivity contribution in [2.75, 3.05) is 24.7 Å². The Kier molecular flexibility index (Phi) is 5.04. The molecule has 0 aliphatic rings. The molecule has 0 aliphatic carbocycles. The number of hydrogen-bond acceptors (Lipinski definition) is 5. The Morgan fingerprint density at radius 2 is 1.78 bits per heavy atom. The summed E-state index contributed by atoms with van der Waals surface area (Å²) >= 11 is 0. The van der Waals surface area contributed by atoms with E-state index >= 15 is 0 Å². The summed E-state index contributed by atoms with van der Waals surface area (Å²) in [7, 11) is -1.30. The van der Waals surface area contributed by atoms with Crippen LogP contribution in [-0.4, -0.2) is 43.0 Å². The van der Waals surface area contributed by atoms with Crippen LogP contribution in [-0.2, 0) is 16.3 Å². The van der Waals surface area contributed by atoms with Gasteiger partial charge in [0.15, 0.2) is 9.84 Å². The summed E-state index contributed by atoms with van der Waals surface area (Å²) in [6, 6.07) is 11.8. The average Bonchev–Trinajstić information content (AvgIpc) is 2.47. The minimum atomic E-state index is -3.15.